The zero-order valence-corrected chi connectivity index (χ0v) is 10.7. The lowest BCUT2D eigenvalue weighted by molar-refractivity contribution is 0.185. The van der Waals surface area contributed by atoms with Crippen LogP contribution >= 0.6 is 0 Å². The average molecular weight is 259 g/mol. The Hall–Kier alpha value is -1.72. The third-order valence-corrected chi connectivity index (χ3v) is 3.40. The summed E-state index contributed by atoms with van der Waals surface area (Å²) in [5, 5.41) is 4.00. The molecular weight excluding hydrogens is 242 g/mol. The van der Waals surface area contributed by atoms with Crippen LogP contribution in [0.5, 0.6) is 0 Å². The second kappa shape index (κ2) is 5.50. The number of hydrogen-bond acceptors (Lipinski definition) is 5. The van der Waals surface area contributed by atoms with Crippen molar-refractivity contribution < 1.29 is 9.26 Å². The molecule has 100 valence electrons. The molecule has 5 nitrogen and oxygen atoms in total. The number of rotatable bonds is 4. The maximum absolute atomic E-state index is 6.12. The summed E-state index contributed by atoms with van der Waals surface area (Å²) in [7, 11) is 0. The summed E-state index contributed by atoms with van der Waals surface area (Å²) in [6.45, 7) is 1.62. The maximum Gasteiger partial charge on any atom is 0.248 e. The molecule has 3 rings (SSSR count). The van der Waals surface area contributed by atoms with Crippen molar-refractivity contribution in [1.82, 2.24) is 10.1 Å². The molecule has 2 atom stereocenters. The SMILES string of the molecule is N[C@@H](c1ccccc1)c1nc(CC2CCOC2)no1. The summed E-state index contributed by atoms with van der Waals surface area (Å²) >= 11 is 0. The van der Waals surface area contributed by atoms with Crippen LogP contribution in [0.1, 0.15) is 29.7 Å². The Bertz CT molecular complexity index is 520. The van der Waals surface area contributed by atoms with E-state index in [4.69, 9.17) is 15.0 Å². The summed E-state index contributed by atoms with van der Waals surface area (Å²) in [5.41, 5.74) is 7.09. The van der Waals surface area contributed by atoms with E-state index in [1.165, 1.54) is 0 Å². The molecule has 1 saturated heterocycles. The van der Waals surface area contributed by atoms with E-state index in [2.05, 4.69) is 10.1 Å². The molecule has 0 aliphatic carbocycles. The largest absolute Gasteiger partial charge is 0.381 e. The van der Waals surface area contributed by atoms with Crippen LogP contribution in [0.3, 0.4) is 0 Å². The Morgan fingerprint density at radius 2 is 2.16 bits per heavy atom. The molecule has 0 amide bonds. The number of nitrogens with zero attached hydrogens (tertiary/aromatic N) is 2. The van der Waals surface area contributed by atoms with Crippen molar-refractivity contribution in [3.05, 3.63) is 47.6 Å². The first-order chi connectivity index (χ1) is 9.33. The van der Waals surface area contributed by atoms with E-state index in [0.29, 0.717) is 11.8 Å². The fraction of sp³-hybridized carbons (Fsp3) is 0.429. The van der Waals surface area contributed by atoms with Gasteiger partial charge >= 0.3 is 0 Å². The second-order valence-corrected chi connectivity index (χ2v) is 4.87. The lowest BCUT2D eigenvalue weighted by atomic mass is 10.1. The first kappa shape index (κ1) is 12.3. The van der Waals surface area contributed by atoms with Crippen molar-refractivity contribution in [2.24, 2.45) is 11.7 Å². The van der Waals surface area contributed by atoms with Gasteiger partial charge in [0, 0.05) is 19.6 Å². The van der Waals surface area contributed by atoms with Gasteiger partial charge in [0.05, 0.1) is 0 Å². The van der Waals surface area contributed by atoms with Gasteiger partial charge in [0.25, 0.3) is 0 Å². The van der Waals surface area contributed by atoms with E-state index >= 15 is 0 Å². The molecule has 1 aliphatic rings. The minimum atomic E-state index is -0.359. The fourth-order valence-electron chi connectivity index (χ4n) is 2.28. The van der Waals surface area contributed by atoms with Gasteiger partial charge < -0.3 is 15.0 Å². The Balaban J connectivity index is 1.70. The first-order valence-electron chi connectivity index (χ1n) is 6.53. The van der Waals surface area contributed by atoms with Crippen molar-refractivity contribution in [2.75, 3.05) is 13.2 Å². The highest BCUT2D eigenvalue weighted by Gasteiger charge is 2.21. The second-order valence-electron chi connectivity index (χ2n) is 4.87. The van der Waals surface area contributed by atoms with Crippen molar-refractivity contribution in [1.29, 1.82) is 0 Å². The smallest absolute Gasteiger partial charge is 0.248 e. The van der Waals surface area contributed by atoms with Crippen molar-refractivity contribution in [3.8, 4) is 0 Å². The Morgan fingerprint density at radius 1 is 1.32 bits per heavy atom. The topological polar surface area (TPSA) is 74.2 Å². The molecule has 0 spiro atoms. The van der Waals surface area contributed by atoms with Crippen LogP contribution in [0.4, 0.5) is 0 Å². The number of hydrogen-bond donors (Lipinski definition) is 1. The fourth-order valence-corrected chi connectivity index (χ4v) is 2.28. The lowest BCUT2D eigenvalue weighted by Gasteiger charge is -2.05. The molecule has 0 bridgehead atoms. The molecule has 1 fully saturated rings. The molecule has 5 heteroatoms. The molecule has 2 N–H and O–H groups in total. The van der Waals surface area contributed by atoms with Gasteiger partial charge in [0.1, 0.15) is 6.04 Å². The van der Waals surface area contributed by atoms with Gasteiger partial charge in [-0.25, -0.2) is 0 Å². The van der Waals surface area contributed by atoms with E-state index < -0.39 is 0 Å². The van der Waals surface area contributed by atoms with Gasteiger partial charge in [-0.3, -0.25) is 0 Å². The zero-order chi connectivity index (χ0) is 13.1. The van der Waals surface area contributed by atoms with Crippen molar-refractivity contribution in [3.63, 3.8) is 0 Å². The highest BCUT2D eigenvalue weighted by Crippen LogP contribution is 2.20. The first-order valence-corrected chi connectivity index (χ1v) is 6.53. The minimum Gasteiger partial charge on any atom is -0.381 e. The molecule has 1 aromatic heterocycles. The molecule has 1 aliphatic heterocycles. The number of nitrogens with two attached hydrogens (primary N) is 1. The van der Waals surface area contributed by atoms with Crippen LogP contribution in [0.15, 0.2) is 34.9 Å². The van der Waals surface area contributed by atoms with Gasteiger partial charge in [-0.1, -0.05) is 35.5 Å². The molecule has 1 unspecified atom stereocenters. The highest BCUT2D eigenvalue weighted by atomic mass is 16.5. The Kier molecular flexibility index (Phi) is 3.57. The molecule has 1 aromatic carbocycles. The monoisotopic (exact) mass is 259 g/mol. The van der Waals surface area contributed by atoms with Gasteiger partial charge in [-0.15, -0.1) is 0 Å². The van der Waals surface area contributed by atoms with E-state index in [9.17, 15) is 0 Å². The number of ether oxygens (including phenoxy) is 1. The van der Waals surface area contributed by atoms with Gasteiger partial charge in [0.2, 0.25) is 5.89 Å². The molecular formula is C14H17N3O2. The molecule has 2 aromatic rings. The van der Waals surface area contributed by atoms with Crippen LogP contribution < -0.4 is 5.73 Å². The highest BCUT2D eigenvalue weighted by molar-refractivity contribution is 5.22. The van der Waals surface area contributed by atoms with Gasteiger partial charge in [-0.2, -0.15) is 4.98 Å². The normalized spacial score (nSPS) is 20.6. The summed E-state index contributed by atoms with van der Waals surface area (Å²) in [6.07, 6.45) is 1.86. The Morgan fingerprint density at radius 3 is 2.89 bits per heavy atom. The van der Waals surface area contributed by atoms with E-state index in [1.807, 2.05) is 30.3 Å². The van der Waals surface area contributed by atoms with Crippen LogP contribution in [-0.4, -0.2) is 23.4 Å². The number of benzene rings is 1. The van der Waals surface area contributed by atoms with Crippen LogP contribution in [0.2, 0.25) is 0 Å². The van der Waals surface area contributed by atoms with E-state index in [-0.39, 0.29) is 6.04 Å². The molecule has 0 radical (unpaired) electrons. The predicted molar refractivity (Wildman–Crippen MR) is 69.4 cm³/mol. The standard InChI is InChI=1S/C14H17N3O2/c15-13(11-4-2-1-3-5-11)14-16-12(17-19-14)8-10-6-7-18-9-10/h1-5,10,13H,6-9,15H2/t10?,13-/m0/s1. The van der Waals surface area contributed by atoms with Crippen molar-refractivity contribution in [2.45, 2.75) is 18.9 Å². The number of aromatic nitrogens is 2. The van der Waals surface area contributed by atoms with E-state index in [1.54, 1.807) is 0 Å². The van der Waals surface area contributed by atoms with Crippen LogP contribution in [0, 0.1) is 5.92 Å². The minimum absolute atomic E-state index is 0.359. The average Bonchev–Trinajstić information content (AvgIpc) is 3.11. The maximum atomic E-state index is 6.12. The molecule has 0 saturated carbocycles. The zero-order valence-electron chi connectivity index (χ0n) is 10.7. The van der Waals surface area contributed by atoms with Gasteiger partial charge in [0.15, 0.2) is 5.82 Å². The summed E-state index contributed by atoms with van der Waals surface area (Å²) in [4.78, 5) is 4.39. The lowest BCUT2D eigenvalue weighted by Crippen LogP contribution is -2.12. The molecule has 19 heavy (non-hydrogen) atoms. The van der Waals surface area contributed by atoms with Crippen LogP contribution in [-0.2, 0) is 11.2 Å². The third kappa shape index (κ3) is 2.83. The molecule has 2 heterocycles. The Labute approximate surface area is 111 Å². The third-order valence-electron chi connectivity index (χ3n) is 3.40. The quantitative estimate of drug-likeness (QED) is 0.904. The van der Waals surface area contributed by atoms with Crippen molar-refractivity contribution >= 4 is 0 Å². The summed E-state index contributed by atoms with van der Waals surface area (Å²) in [5.74, 6) is 1.69. The summed E-state index contributed by atoms with van der Waals surface area (Å²) in [6, 6.07) is 9.40. The summed E-state index contributed by atoms with van der Waals surface area (Å²) < 4.78 is 10.6. The van der Waals surface area contributed by atoms with E-state index in [0.717, 1.165) is 37.4 Å². The predicted octanol–water partition coefficient (Wildman–Crippen LogP) is 1.70. The van der Waals surface area contributed by atoms with Gasteiger partial charge in [-0.05, 0) is 17.9 Å². The van der Waals surface area contributed by atoms with Crippen LogP contribution in [0.25, 0.3) is 0 Å².